The van der Waals surface area contributed by atoms with Gasteiger partial charge < -0.3 is 15.9 Å². The molecular weight excluding hydrogens is 238 g/mol. The van der Waals surface area contributed by atoms with Gasteiger partial charge in [0.15, 0.2) is 0 Å². The predicted molar refractivity (Wildman–Crippen MR) is 66.6 cm³/mol. The van der Waals surface area contributed by atoms with E-state index in [1.54, 1.807) is 5.38 Å². The van der Waals surface area contributed by atoms with Gasteiger partial charge in [-0.25, -0.2) is 0 Å². The van der Waals surface area contributed by atoms with Crippen molar-refractivity contribution in [2.24, 2.45) is 5.73 Å². The fraction of sp³-hybridized carbons (Fsp3) is 0.250. The Morgan fingerprint density at radius 2 is 2.06 bits per heavy atom. The average molecular weight is 251 g/mol. The first-order chi connectivity index (χ1) is 8.09. The summed E-state index contributed by atoms with van der Waals surface area (Å²) in [6.45, 7) is 0. The number of amides is 1. The van der Waals surface area contributed by atoms with Gasteiger partial charge in [0, 0.05) is 10.3 Å². The van der Waals surface area contributed by atoms with Crippen LogP contribution in [0, 0.1) is 0 Å². The van der Waals surface area contributed by atoms with Gasteiger partial charge in [0.1, 0.15) is 6.10 Å². The molecule has 0 aliphatic carbocycles. The van der Waals surface area contributed by atoms with Crippen LogP contribution >= 0.6 is 11.3 Å². The van der Waals surface area contributed by atoms with Crippen molar-refractivity contribution in [2.45, 2.75) is 18.6 Å². The molecule has 1 amide bonds. The summed E-state index contributed by atoms with van der Waals surface area (Å²) in [5.74, 6) is -0.629. The molecule has 0 saturated heterocycles. The Balaban J connectivity index is 2.30. The number of aliphatic hydroxyl groups is 2. The van der Waals surface area contributed by atoms with Crippen LogP contribution in [0.5, 0.6) is 0 Å². The molecule has 0 saturated carbocycles. The highest BCUT2D eigenvalue weighted by molar-refractivity contribution is 7.17. The molecule has 0 bridgehead atoms. The van der Waals surface area contributed by atoms with Crippen molar-refractivity contribution in [1.82, 2.24) is 0 Å². The molecule has 0 spiro atoms. The van der Waals surface area contributed by atoms with Crippen LogP contribution in [-0.4, -0.2) is 22.2 Å². The van der Waals surface area contributed by atoms with E-state index in [2.05, 4.69) is 0 Å². The van der Waals surface area contributed by atoms with E-state index < -0.39 is 18.1 Å². The van der Waals surface area contributed by atoms with E-state index in [4.69, 9.17) is 5.73 Å². The molecule has 0 fully saturated rings. The number of rotatable bonds is 4. The van der Waals surface area contributed by atoms with Gasteiger partial charge in [-0.1, -0.05) is 18.2 Å². The molecule has 90 valence electrons. The first-order valence-electron chi connectivity index (χ1n) is 5.20. The smallest absolute Gasteiger partial charge is 0.220 e. The zero-order chi connectivity index (χ0) is 12.4. The second kappa shape index (κ2) is 4.83. The quantitative estimate of drug-likeness (QED) is 0.762. The van der Waals surface area contributed by atoms with E-state index in [0.29, 0.717) is 5.56 Å². The number of aliphatic hydroxyl groups excluding tert-OH is 2. The molecular formula is C12H13NO3S. The van der Waals surface area contributed by atoms with E-state index in [1.165, 1.54) is 11.3 Å². The van der Waals surface area contributed by atoms with Crippen LogP contribution in [0.1, 0.15) is 18.1 Å². The minimum Gasteiger partial charge on any atom is -0.390 e. The van der Waals surface area contributed by atoms with Gasteiger partial charge in [0.05, 0.1) is 12.5 Å². The highest BCUT2D eigenvalue weighted by Crippen LogP contribution is 2.32. The van der Waals surface area contributed by atoms with Crippen molar-refractivity contribution in [2.75, 3.05) is 0 Å². The summed E-state index contributed by atoms with van der Waals surface area (Å²) in [7, 11) is 0. The van der Waals surface area contributed by atoms with Gasteiger partial charge in [-0.05, 0) is 16.8 Å². The van der Waals surface area contributed by atoms with Crippen molar-refractivity contribution >= 4 is 27.3 Å². The van der Waals surface area contributed by atoms with Crippen LogP contribution in [-0.2, 0) is 4.79 Å². The summed E-state index contributed by atoms with van der Waals surface area (Å²) in [5.41, 5.74) is 5.63. The standard InChI is InChI=1S/C12H13NO3S/c13-11(15)5-9(14)12(16)8-6-17-10-4-2-1-3-7(8)10/h1-4,6,9,12,14,16H,5H2,(H2,13,15). The van der Waals surface area contributed by atoms with E-state index in [0.717, 1.165) is 10.1 Å². The Morgan fingerprint density at radius 3 is 2.76 bits per heavy atom. The van der Waals surface area contributed by atoms with Gasteiger partial charge in [-0.3, -0.25) is 4.79 Å². The third-order valence-electron chi connectivity index (χ3n) is 2.60. The molecule has 2 rings (SSSR count). The van der Waals surface area contributed by atoms with E-state index >= 15 is 0 Å². The molecule has 0 radical (unpaired) electrons. The molecule has 5 heteroatoms. The lowest BCUT2D eigenvalue weighted by atomic mass is 10.0. The zero-order valence-electron chi connectivity index (χ0n) is 9.04. The van der Waals surface area contributed by atoms with Gasteiger partial charge in [0.2, 0.25) is 5.91 Å². The van der Waals surface area contributed by atoms with Crippen LogP contribution in [0.3, 0.4) is 0 Å². The largest absolute Gasteiger partial charge is 0.390 e. The predicted octanol–water partition coefficient (Wildman–Crippen LogP) is 1.17. The number of primary amides is 1. The summed E-state index contributed by atoms with van der Waals surface area (Å²) in [6, 6.07) is 7.60. The lowest BCUT2D eigenvalue weighted by molar-refractivity contribution is -0.121. The molecule has 1 aromatic carbocycles. The third kappa shape index (κ3) is 2.46. The van der Waals surface area contributed by atoms with Crippen LogP contribution < -0.4 is 5.73 Å². The summed E-state index contributed by atoms with van der Waals surface area (Å²) < 4.78 is 1.04. The van der Waals surface area contributed by atoms with Gasteiger partial charge in [0.25, 0.3) is 0 Å². The lowest BCUT2D eigenvalue weighted by Crippen LogP contribution is -2.25. The summed E-state index contributed by atoms with van der Waals surface area (Å²) >= 11 is 1.49. The van der Waals surface area contributed by atoms with Crippen molar-refractivity contribution < 1.29 is 15.0 Å². The Kier molecular flexibility index (Phi) is 3.42. The number of hydrogen-bond donors (Lipinski definition) is 3. The molecule has 4 N–H and O–H groups in total. The first kappa shape index (κ1) is 12.0. The second-order valence-corrected chi connectivity index (χ2v) is 4.78. The van der Waals surface area contributed by atoms with Gasteiger partial charge in [-0.2, -0.15) is 0 Å². The van der Waals surface area contributed by atoms with Crippen molar-refractivity contribution in [3.05, 3.63) is 35.2 Å². The van der Waals surface area contributed by atoms with Crippen LogP contribution in [0.25, 0.3) is 10.1 Å². The number of hydrogen-bond acceptors (Lipinski definition) is 4. The monoisotopic (exact) mass is 251 g/mol. The maximum atomic E-state index is 10.7. The maximum Gasteiger partial charge on any atom is 0.220 e. The number of carbonyl (C=O) groups excluding carboxylic acids is 1. The van der Waals surface area contributed by atoms with Crippen LogP contribution in [0.4, 0.5) is 0 Å². The van der Waals surface area contributed by atoms with E-state index in [9.17, 15) is 15.0 Å². The van der Waals surface area contributed by atoms with Gasteiger partial charge in [-0.15, -0.1) is 11.3 Å². The number of carbonyl (C=O) groups is 1. The molecule has 0 aliphatic heterocycles. The minimum absolute atomic E-state index is 0.245. The molecule has 2 atom stereocenters. The molecule has 2 aromatic rings. The molecule has 1 heterocycles. The second-order valence-electron chi connectivity index (χ2n) is 3.87. The maximum absolute atomic E-state index is 10.7. The normalized spacial score (nSPS) is 14.7. The molecule has 1 aromatic heterocycles. The molecule has 0 aliphatic rings. The van der Waals surface area contributed by atoms with Crippen molar-refractivity contribution in [3.8, 4) is 0 Å². The number of nitrogens with two attached hydrogens (primary N) is 1. The minimum atomic E-state index is -1.16. The fourth-order valence-electron chi connectivity index (χ4n) is 1.75. The summed E-state index contributed by atoms with van der Waals surface area (Å²) in [4.78, 5) is 10.7. The Hall–Kier alpha value is -1.43. The average Bonchev–Trinajstić information content (AvgIpc) is 2.70. The molecule has 17 heavy (non-hydrogen) atoms. The summed E-state index contributed by atoms with van der Waals surface area (Å²) in [5, 5.41) is 22.3. The fourth-order valence-corrected chi connectivity index (χ4v) is 2.74. The SMILES string of the molecule is NC(=O)CC(O)C(O)c1csc2ccccc12. The van der Waals surface area contributed by atoms with Crippen molar-refractivity contribution in [1.29, 1.82) is 0 Å². The zero-order valence-corrected chi connectivity index (χ0v) is 9.85. The number of fused-ring (bicyclic) bond motifs is 1. The lowest BCUT2D eigenvalue weighted by Gasteiger charge is -2.15. The van der Waals surface area contributed by atoms with Gasteiger partial charge >= 0.3 is 0 Å². The Bertz CT molecular complexity index is 537. The Labute approximate surface area is 102 Å². The highest BCUT2D eigenvalue weighted by Gasteiger charge is 2.22. The van der Waals surface area contributed by atoms with E-state index in [-0.39, 0.29) is 6.42 Å². The number of benzene rings is 1. The van der Waals surface area contributed by atoms with Crippen LogP contribution in [0.2, 0.25) is 0 Å². The third-order valence-corrected chi connectivity index (χ3v) is 3.59. The van der Waals surface area contributed by atoms with Crippen molar-refractivity contribution in [3.63, 3.8) is 0 Å². The topological polar surface area (TPSA) is 83.6 Å². The molecule has 2 unspecified atom stereocenters. The van der Waals surface area contributed by atoms with E-state index in [1.807, 2.05) is 24.3 Å². The number of thiophene rings is 1. The Morgan fingerprint density at radius 1 is 1.35 bits per heavy atom. The summed E-state index contributed by atoms with van der Waals surface area (Å²) in [6.07, 6.45) is -2.49. The highest BCUT2D eigenvalue weighted by atomic mass is 32.1. The molecule has 4 nitrogen and oxygen atoms in total. The van der Waals surface area contributed by atoms with Crippen LogP contribution in [0.15, 0.2) is 29.6 Å². The first-order valence-corrected chi connectivity index (χ1v) is 6.08.